The molecule has 0 bridgehead atoms. The zero-order chi connectivity index (χ0) is 13.1. The van der Waals surface area contributed by atoms with E-state index in [1.807, 2.05) is 6.07 Å². The van der Waals surface area contributed by atoms with Crippen molar-refractivity contribution in [2.45, 2.75) is 19.4 Å². The van der Waals surface area contributed by atoms with E-state index in [1.165, 1.54) is 31.6 Å². The van der Waals surface area contributed by atoms with Crippen LogP contribution in [0.3, 0.4) is 0 Å². The lowest BCUT2D eigenvalue weighted by atomic mass is 10.2. The van der Waals surface area contributed by atoms with Gasteiger partial charge < -0.3 is 14.6 Å². The molecule has 0 saturated carbocycles. The van der Waals surface area contributed by atoms with Gasteiger partial charge in [-0.2, -0.15) is 0 Å². The number of rotatable bonds is 4. The van der Waals surface area contributed by atoms with Crippen molar-refractivity contribution < 1.29 is 4.42 Å². The van der Waals surface area contributed by atoms with E-state index in [9.17, 15) is 0 Å². The minimum atomic E-state index is 0.432. The summed E-state index contributed by atoms with van der Waals surface area (Å²) in [6, 6.07) is 12.2. The predicted octanol–water partition coefficient (Wildman–Crippen LogP) is 4.15. The molecule has 1 fully saturated rings. The lowest BCUT2D eigenvalue weighted by Crippen LogP contribution is -2.17. The molecule has 1 saturated heterocycles. The molecular weight excluding hydrogens is 260 g/mol. The SMILES string of the molecule is Clc1ccc(CNc2ccc(N3CCCC3)cc2)o1. The van der Waals surface area contributed by atoms with Gasteiger partial charge in [0.05, 0.1) is 6.54 Å². The second-order valence-corrected chi connectivity index (χ2v) is 5.17. The molecule has 0 aliphatic carbocycles. The van der Waals surface area contributed by atoms with E-state index in [-0.39, 0.29) is 0 Å². The van der Waals surface area contributed by atoms with Crippen LogP contribution in [0.4, 0.5) is 11.4 Å². The van der Waals surface area contributed by atoms with Crippen molar-refractivity contribution in [1.29, 1.82) is 0 Å². The highest BCUT2D eigenvalue weighted by Crippen LogP contribution is 2.22. The van der Waals surface area contributed by atoms with Gasteiger partial charge in [0.1, 0.15) is 5.76 Å². The number of nitrogens with one attached hydrogen (secondary N) is 1. The van der Waals surface area contributed by atoms with Gasteiger partial charge in [0, 0.05) is 24.5 Å². The molecule has 0 amide bonds. The van der Waals surface area contributed by atoms with Crippen LogP contribution in [-0.4, -0.2) is 13.1 Å². The second kappa shape index (κ2) is 5.57. The van der Waals surface area contributed by atoms with Crippen molar-refractivity contribution in [3.63, 3.8) is 0 Å². The monoisotopic (exact) mass is 276 g/mol. The summed E-state index contributed by atoms with van der Waals surface area (Å²) in [5, 5.41) is 3.75. The molecule has 3 nitrogen and oxygen atoms in total. The fraction of sp³-hybridized carbons (Fsp3) is 0.333. The number of nitrogens with zero attached hydrogens (tertiary/aromatic N) is 1. The minimum Gasteiger partial charge on any atom is -0.448 e. The molecule has 1 N–H and O–H groups in total. The van der Waals surface area contributed by atoms with Crippen molar-refractivity contribution in [2.24, 2.45) is 0 Å². The Kier molecular flexibility index (Phi) is 3.65. The first-order valence-electron chi connectivity index (χ1n) is 6.64. The van der Waals surface area contributed by atoms with Crippen molar-refractivity contribution >= 4 is 23.0 Å². The van der Waals surface area contributed by atoms with Gasteiger partial charge in [0.2, 0.25) is 0 Å². The number of hydrogen-bond acceptors (Lipinski definition) is 3. The number of anilines is 2. The molecule has 1 aliphatic rings. The molecule has 0 atom stereocenters. The first kappa shape index (κ1) is 12.4. The number of hydrogen-bond donors (Lipinski definition) is 1. The maximum Gasteiger partial charge on any atom is 0.193 e. The van der Waals surface area contributed by atoms with E-state index in [0.717, 1.165) is 11.4 Å². The van der Waals surface area contributed by atoms with Gasteiger partial charge in [-0.15, -0.1) is 0 Å². The third-order valence-electron chi connectivity index (χ3n) is 3.43. The number of halogens is 1. The highest BCUT2D eigenvalue weighted by molar-refractivity contribution is 6.28. The molecule has 1 aliphatic heterocycles. The smallest absolute Gasteiger partial charge is 0.193 e. The molecule has 0 spiro atoms. The van der Waals surface area contributed by atoms with Crippen molar-refractivity contribution in [2.75, 3.05) is 23.3 Å². The Morgan fingerprint density at radius 3 is 2.42 bits per heavy atom. The van der Waals surface area contributed by atoms with Crippen LogP contribution in [0.25, 0.3) is 0 Å². The van der Waals surface area contributed by atoms with Gasteiger partial charge in [-0.05, 0) is 60.8 Å². The van der Waals surface area contributed by atoms with E-state index in [4.69, 9.17) is 16.0 Å². The number of benzene rings is 1. The lowest BCUT2D eigenvalue weighted by molar-refractivity contribution is 0.520. The second-order valence-electron chi connectivity index (χ2n) is 4.80. The average molecular weight is 277 g/mol. The zero-order valence-corrected chi connectivity index (χ0v) is 11.5. The van der Waals surface area contributed by atoms with Crippen LogP contribution in [0, 0.1) is 0 Å². The van der Waals surface area contributed by atoms with Gasteiger partial charge in [-0.3, -0.25) is 0 Å². The molecule has 0 radical (unpaired) electrons. The van der Waals surface area contributed by atoms with Crippen LogP contribution >= 0.6 is 11.6 Å². The fourth-order valence-corrected chi connectivity index (χ4v) is 2.56. The van der Waals surface area contributed by atoms with Gasteiger partial charge >= 0.3 is 0 Å². The van der Waals surface area contributed by atoms with E-state index >= 15 is 0 Å². The Hall–Kier alpha value is -1.61. The average Bonchev–Trinajstić information content (AvgIpc) is 3.08. The summed E-state index contributed by atoms with van der Waals surface area (Å²) in [6.07, 6.45) is 2.61. The quantitative estimate of drug-likeness (QED) is 0.909. The standard InChI is InChI=1S/C15H17ClN2O/c16-15-8-7-14(19-15)11-17-12-3-5-13(6-4-12)18-9-1-2-10-18/h3-8,17H,1-2,9-11H2. The fourth-order valence-electron chi connectivity index (χ4n) is 2.40. The maximum absolute atomic E-state index is 5.74. The molecular formula is C15H17ClN2O. The highest BCUT2D eigenvalue weighted by atomic mass is 35.5. The summed E-state index contributed by atoms with van der Waals surface area (Å²) in [7, 11) is 0. The summed E-state index contributed by atoms with van der Waals surface area (Å²) in [6.45, 7) is 3.01. The summed E-state index contributed by atoms with van der Waals surface area (Å²) in [5.74, 6) is 0.841. The molecule has 100 valence electrons. The maximum atomic E-state index is 5.74. The Morgan fingerprint density at radius 2 is 1.79 bits per heavy atom. The molecule has 4 heteroatoms. The molecule has 0 unspecified atom stereocenters. The van der Waals surface area contributed by atoms with Crippen LogP contribution < -0.4 is 10.2 Å². The van der Waals surface area contributed by atoms with Gasteiger partial charge in [0.15, 0.2) is 5.22 Å². The first-order valence-corrected chi connectivity index (χ1v) is 7.02. The third-order valence-corrected chi connectivity index (χ3v) is 3.64. The summed E-state index contributed by atoms with van der Waals surface area (Å²) in [4.78, 5) is 2.43. The summed E-state index contributed by atoms with van der Waals surface area (Å²) < 4.78 is 5.30. The Morgan fingerprint density at radius 1 is 1.05 bits per heavy atom. The molecule has 1 aromatic heterocycles. The van der Waals surface area contributed by atoms with Crippen molar-refractivity contribution in [3.05, 3.63) is 47.4 Å². The largest absolute Gasteiger partial charge is 0.448 e. The summed E-state index contributed by atoms with van der Waals surface area (Å²) in [5.41, 5.74) is 2.40. The van der Waals surface area contributed by atoms with E-state index in [2.05, 4.69) is 34.5 Å². The highest BCUT2D eigenvalue weighted by Gasteiger charge is 2.11. The molecule has 2 heterocycles. The van der Waals surface area contributed by atoms with Crippen LogP contribution in [0.1, 0.15) is 18.6 Å². The molecule has 19 heavy (non-hydrogen) atoms. The van der Waals surface area contributed by atoms with Crippen LogP contribution in [0.15, 0.2) is 40.8 Å². The Balaban J connectivity index is 1.59. The molecule has 2 aromatic rings. The topological polar surface area (TPSA) is 28.4 Å². The van der Waals surface area contributed by atoms with Crippen molar-refractivity contribution in [1.82, 2.24) is 0 Å². The zero-order valence-electron chi connectivity index (χ0n) is 10.7. The minimum absolute atomic E-state index is 0.432. The molecule has 1 aromatic carbocycles. The van der Waals surface area contributed by atoms with Crippen molar-refractivity contribution in [3.8, 4) is 0 Å². The van der Waals surface area contributed by atoms with Gasteiger partial charge in [-0.25, -0.2) is 0 Å². The van der Waals surface area contributed by atoms with E-state index in [1.54, 1.807) is 6.07 Å². The van der Waals surface area contributed by atoms with E-state index in [0.29, 0.717) is 11.8 Å². The van der Waals surface area contributed by atoms with Crippen LogP contribution in [0.5, 0.6) is 0 Å². The van der Waals surface area contributed by atoms with Crippen LogP contribution in [-0.2, 0) is 6.54 Å². The van der Waals surface area contributed by atoms with Crippen LogP contribution in [0.2, 0.25) is 5.22 Å². The Labute approximate surface area is 118 Å². The first-order chi connectivity index (χ1) is 9.31. The summed E-state index contributed by atoms with van der Waals surface area (Å²) >= 11 is 5.74. The lowest BCUT2D eigenvalue weighted by Gasteiger charge is -2.17. The van der Waals surface area contributed by atoms with E-state index < -0.39 is 0 Å². The molecule has 3 rings (SSSR count). The van der Waals surface area contributed by atoms with Gasteiger partial charge in [-0.1, -0.05) is 0 Å². The van der Waals surface area contributed by atoms with Gasteiger partial charge in [0.25, 0.3) is 0 Å². The third kappa shape index (κ3) is 3.04. The number of furan rings is 1. The normalized spacial score (nSPS) is 14.9. The Bertz CT molecular complexity index is 529. The predicted molar refractivity (Wildman–Crippen MR) is 78.9 cm³/mol.